The number of carbonyl (C=O) groups is 8. The van der Waals surface area contributed by atoms with E-state index in [0.717, 1.165) is 10.5 Å². The Labute approximate surface area is 360 Å². The Bertz CT molecular complexity index is 2050. The molecule has 7 amide bonds. The molecule has 4 aliphatic rings. The number of aliphatic hydroxyl groups is 1. The number of anilines is 1. The van der Waals surface area contributed by atoms with Gasteiger partial charge in [0.15, 0.2) is 0 Å². The fourth-order valence-electron chi connectivity index (χ4n) is 8.74. The van der Waals surface area contributed by atoms with Crippen molar-refractivity contribution in [2.75, 3.05) is 31.6 Å². The van der Waals surface area contributed by atoms with Crippen molar-refractivity contribution in [2.24, 2.45) is 5.92 Å². The van der Waals surface area contributed by atoms with E-state index >= 15 is 0 Å². The molecule has 0 spiro atoms. The number of nitrogens with zero attached hydrogens (tertiary/aromatic N) is 3. The van der Waals surface area contributed by atoms with Gasteiger partial charge in [-0.3, -0.25) is 24.0 Å². The van der Waals surface area contributed by atoms with E-state index in [1.807, 2.05) is 26.0 Å². The largest absolute Gasteiger partial charge is 0.462 e. The predicted octanol–water partition coefficient (Wildman–Crippen LogP) is 1.42. The molecular weight excluding hydrogens is 803 g/mol. The van der Waals surface area contributed by atoms with Crippen LogP contribution in [0.15, 0.2) is 48.5 Å². The Morgan fingerprint density at radius 3 is 2.32 bits per heavy atom. The molecule has 2 aromatic rings. The molecule has 18 heteroatoms. The second kappa shape index (κ2) is 19.8. The summed E-state index contributed by atoms with van der Waals surface area (Å²) in [6.07, 6.45) is -0.888. The first-order valence-electron chi connectivity index (χ1n) is 21.4. The van der Waals surface area contributed by atoms with E-state index in [-0.39, 0.29) is 57.0 Å². The molecule has 0 bridgehead atoms. The van der Waals surface area contributed by atoms with Crippen LogP contribution in [0.4, 0.5) is 10.5 Å². The van der Waals surface area contributed by atoms with Crippen LogP contribution in [0.1, 0.15) is 81.3 Å². The molecule has 2 aromatic carbocycles. The van der Waals surface area contributed by atoms with Gasteiger partial charge in [-0.2, -0.15) is 0 Å². The second-order valence-electron chi connectivity index (χ2n) is 16.8. The van der Waals surface area contributed by atoms with Gasteiger partial charge in [-0.1, -0.05) is 36.8 Å². The highest BCUT2D eigenvalue weighted by Gasteiger charge is 2.49. The normalized spacial score (nSPS) is 27.6. The number of urea groups is 1. The molecule has 0 saturated carbocycles. The van der Waals surface area contributed by atoms with E-state index in [1.54, 1.807) is 19.1 Å². The highest BCUT2D eigenvalue weighted by atomic mass is 16.5. The van der Waals surface area contributed by atoms with Crippen LogP contribution in [0, 0.1) is 12.8 Å². The number of rotatable bonds is 8. The third kappa shape index (κ3) is 10.5. The van der Waals surface area contributed by atoms with Gasteiger partial charge in [-0.05, 0) is 89.1 Å². The summed E-state index contributed by atoms with van der Waals surface area (Å²) in [5.74, 6) is -4.76. The molecule has 0 aromatic heterocycles. The number of aryl methyl sites for hydroxylation is 1. The van der Waals surface area contributed by atoms with Crippen molar-refractivity contribution in [1.29, 1.82) is 0 Å². The Hall–Kier alpha value is -6.04. The first-order valence-corrected chi connectivity index (χ1v) is 21.4. The standard InChI is InChI=1S/C44H57N7O11/c1-6-61-42(58)29-13-15-30(16-14-29)46-44(60)47-32(20-28-11-9-10-24(2)18-28)37(53)48-36-27(5)62-43(59)35-19-25(3)22-50(35)39(55)26(4)45-38(54)33-12-7-8-17-49(33)40(56)34-21-31(52)23-51(34)41(36)57/h9-11,13-16,18,25-27,31-36,52H,6-8,12,17,19-23H2,1-5H3,(H,45,54)(H,48,53)(H2,46,47,60)/t25-,26+,27+,31-,32+,33+,34+,35+,36+/m1/s1. The highest BCUT2D eigenvalue weighted by molar-refractivity contribution is 5.99. The number of fused-ring (bicyclic) bond motifs is 3. The second-order valence-corrected chi connectivity index (χ2v) is 16.8. The zero-order valence-corrected chi connectivity index (χ0v) is 35.8. The number of ether oxygens (including phenoxy) is 2. The van der Waals surface area contributed by atoms with Crippen molar-refractivity contribution in [2.45, 2.75) is 122 Å². The quantitative estimate of drug-likeness (QED) is 0.238. The van der Waals surface area contributed by atoms with Gasteiger partial charge in [-0.25, -0.2) is 14.4 Å². The number of hydrogen-bond donors (Lipinski definition) is 5. The van der Waals surface area contributed by atoms with Crippen LogP contribution < -0.4 is 21.3 Å². The third-order valence-electron chi connectivity index (χ3n) is 11.9. The summed E-state index contributed by atoms with van der Waals surface area (Å²) in [5.41, 5.74) is 2.14. The number of benzene rings is 2. The molecule has 0 aliphatic carbocycles. The number of nitrogens with one attached hydrogen (secondary N) is 4. The van der Waals surface area contributed by atoms with E-state index in [2.05, 4.69) is 21.3 Å². The van der Waals surface area contributed by atoms with Crippen molar-refractivity contribution >= 4 is 53.2 Å². The van der Waals surface area contributed by atoms with E-state index in [4.69, 9.17) is 9.47 Å². The first kappa shape index (κ1) is 45.5. The zero-order valence-electron chi connectivity index (χ0n) is 35.8. The fraction of sp³-hybridized carbons (Fsp3) is 0.545. The van der Waals surface area contributed by atoms with Crippen molar-refractivity contribution in [3.8, 4) is 0 Å². The van der Waals surface area contributed by atoms with E-state index in [1.165, 1.54) is 47.9 Å². The average molecular weight is 860 g/mol. The minimum absolute atomic E-state index is 0.0328. The molecule has 4 aliphatic heterocycles. The smallest absolute Gasteiger partial charge is 0.338 e. The monoisotopic (exact) mass is 859 g/mol. The van der Waals surface area contributed by atoms with Gasteiger partial charge in [-0.15, -0.1) is 0 Å². The predicted molar refractivity (Wildman–Crippen MR) is 223 cm³/mol. The number of piperidine rings is 1. The maximum atomic E-state index is 14.8. The van der Waals surface area contributed by atoms with Crippen molar-refractivity contribution < 1.29 is 52.9 Å². The molecule has 4 heterocycles. The van der Waals surface area contributed by atoms with E-state index < -0.39 is 96.0 Å². The molecule has 4 fully saturated rings. The number of aliphatic hydroxyl groups excluding tert-OH is 1. The molecule has 5 N–H and O–H groups in total. The van der Waals surface area contributed by atoms with Crippen molar-refractivity contribution in [3.05, 3.63) is 65.2 Å². The summed E-state index contributed by atoms with van der Waals surface area (Å²) in [5, 5.41) is 21.7. The van der Waals surface area contributed by atoms with Crippen LogP contribution in [0.25, 0.3) is 0 Å². The Morgan fingerprint density at radius 2 is 1.61 bits per heavy atom. The van der Waals surface area contributed by atoms with Gasteiger partial charge in [0, 0.05) is 38.2 Å². The fourth-order valence-corrected chi connectivity index (χ4v) is 8.74. The Morgan fingerprint density at radius 1 is 0.887 bits per heavy atom. The lowest BCUT2D eigenvalue weighted by Crippen LogP contribution is -2.63. The molecule has 9 atom stereocenters. The van der Waals surface area contributed by atoms with Crippen LogP contribution in [-0.4, -0.2) is 142 Å². The van der Waals surface area contributed by atoms with Crippen LogP contribution in [-0.2, 0) is 44.7 Å². The van der Waals surface area contributed by atoms with Crippen LogP contribution in [0.3, 0.4) is 0 Å². The Balaban J connectivity index is 1.32. The summed E-state index contributed by atoms with van der Waals surface area (Å²) >= 11 is 0. The minimum atomic E-state index is -1.64. The van der Waals surface area contributed by atoms with Gasteiger partial charge >= 0.3 is 18.0 Å². The molecule has 18 nitrogen and oxygen atoms in total. The number of esters is 2. The molecular formula is C44H57N7O11. The first-order chi connectivity index (χ1) is 29.5. The summed E-state index contributed by atoms with van der Waals surface area (Å²) in [6.45, 7) is 8.68. The number of hydrogen-bond acceptors (Lipinski definition) is 11. The van der Waals surface area contributed by atoms with Crippen LogP contribution in [0.2, 0.25) is 0 Å². The van der Waals surface area contributed by atoms with Gasteiger partial charge in [0.05, 0.1) is 18.3 Å². The molecule has 4 saturated heterocycles. The summed E-state index contributed by atoms with van der Waals surface area (Å²) in [6, 6.07) is 5.21. The molecule has 0 radical (unpaired) electrons. The molecule has 62 heavy (non-hydrogen) atoms. The van der Waals surface area contributed by atoms with E-state index in [9.17, 15) is 43.5 Å². The van der Waals surface area contributed by atoms with Crippen LogP contribution >= 0.6 is 0 Å². The van der Waals surface area contributed by atoms with Gasteiger partial charge in [0.2, 0.25) is 29.5 Å². The lowest BCUT2D eigenvalue weighted by Gasteiger charge is -2.39. The third-order valence-corrected chi connectivity index (χ3v) is 11.9. The highest BCUT2D eigenvalue weighted by Crippen LogP contribution is 2.29. The zero-order chi connectivity index (χ0) is 44.8. The lowest BCUT2D eigenvalue weighted by molar-refractivity contribution is -0.163. The number of amides is 7. The minimum Gasteiger partial charge on any atom is -0.462 e. The SMILES string of the molecule is CCOC(=O)c1ccc(NC(=O)N[C@@H](Cc2cccc(C)c2)C(=O)N[C@@H]2C(=O)N3C[C@H](O)C[C@H]3C(=O)N3CCCC[C@H]3C(=O)N[C@@H](C)C(=O)N3C[C@H](C)C[C@H]3C(=O)O[C@H]2C)cc1. The molecule has 0 unspecified atom stereocenters. The van der Waals surface area contributed by atoms with Gasteiger partial charge in [0.25, 0.3) is 0 Å². The van der Waals surface area contributed by atoms with Gasteiger partial charge < -0.3 is 50.5 Å². The number of carbonyl (C=O) groups excluding carboxylic acids is 8. The van der Waals surface area contributed by atoms with Crippen LogP contribution in [0.5, 0.6) is 0 Å². The molecule has 334 valence electrons. The maximum Gasteiger partial charge on any atom is 0.338 e. The summed E-state index contributed by atoms with van der Waals surface area (Å²) in [4.78, 5) is 115. The average Bonchev–Trinajstić information content (AvgIpc) is 3.84. The molecule has 6 rings (SSSR count). The number of cyclic esters (lactones) is 1. The Kier molecular flexibility index (Phi) is 14.5. The summed E-state index contributed by atoms with van der Waals surface area (Å²) in [7, 11) is 0. The van der Waals surface area contributed by atoms with E-state index in [0.29, 0.717) is 30.5 Å². The van der Waals surface area contributed by atoms with Crippen molar-refractivity contribution in [1.82, 2.24) is 30.7 Å². The van der Waals surface area contributed by atoms with Gasteiger partial charge in [0.1, 0.15) is 42.4 Å². The topological polar surface area (TPSA) is 233 Å². The summed E-state index contributed by atoms with van der Waals surface area (Å²) < 4.78 is 11.0. The lowest BCUT2D eigenvalue weighted by atomic mass is 9.98. The maximum absolute atomic E-state index is 14.8. The van der Waals surface area contributed by atoms with Crippen molar-refractivity contribution in [3.63, 3.8) is 0 Å².